The molecule has 7 heteroatoms. The van der Waals surface area contributed by atoms with Crippen molar-refractivity contribution in [2.75, 3.05) is 13.6 Å². The third-order valence-electron chi connectivity index (χ3n) is 1.84. The van der Waals surface area contributed by atoms with Crippen molar-refractivity contribution in [3.63, 3.8) is 0 Å². The number of nitrogens with one attached hydrogen (secondary N) is 2. The van der Waals surface area contributed by atoms with Crippen LogP contribution in [0.3, 0.4) is 0 Å². The van der Waals surface area contributed by atoms with Crippen molar-refractivity contribution in [2.45, 2.75) is 31.5 Å². The van der Waals surface area contributed by atoms with E-state index in [-0.39, 0.29) is 30.5 Å². The van der Waals surface area contributed by atoms with Gasteiger partial charge in [-0.25, -0.2) is 0 Å². The van der Waals surface area contributed by atoms with Gasteiger partial charge in [-0.3, -0.25) is 4.99 Å². The minimum absolute atomic E-state index is 0. The molecular weight excluding hydrogens is 322 g/mol. The van der Waals surface area contributed by atoms with Gasteiger partial charge in [0.1, 0.15) is 0 Å². The molecule has 0 amide bonds. The minimum Gasteiger partial charge on any atom is -0.356 e. The van der Waals surface area contributed by atoms with Gasteiger partial charge in [-0.1, -0.05) is 0 Å². The fourth-order valence-electron chi connectivity index (χ4n) is 0.938. The normalized spacial score (nSPS) is 16.9. The van der Waals surface area contributed by atoms with E-state index in [1.807, 2.05) is 0 Å². The first-order valence-electron chi connectivity index (χ1n) is 4.55. The Morgan fingerprint density at radius 3 is 2.40 bits per heavy atom. The zero-order valence-corrected chi connectivity index (χ0v) is 10.7. The Bertz CT molecular complexity index is 214. The van der Waals surface area contributed by atoms with Gasteiger partial charge in [0.15, 0.2) is 5.96 Å². The molecule has 0 saturated heterocycles. The first-order chi connectivity index (χ1) is 6.51. The predicted molar refractivity (Wildman–Crippen MR) is 63.6 cm³/mol. The minimum atomic E-state index is -4.11. The highest BCUT2D eigenvalue weighted by molar-refractivity contribution is 14.0. The molecule has 0 unspecified atom stereocenters. The molecule has 0 atom stereocenters. The number of hydrogen-bond acceptors (Lipinski definition) is 1. The smallest absolute Gasteiger partial charge is 0.356 e. The number of alkyl halides is 3. The summed E-state index contributed by atoms with van der Waals surface area (Å²) in [6.45, 7) is -0.129. The molecule has 90 valence electrons. The van der Waals surface area contributed by atoms with Crippen molar-refractivity contribution < 1.29 is 13.2 Å². The van der Waals surface area contributed by atoms with E-state index in [4.69, 9.17) is 0 Å². The summed E-state index contributed by atoms with van der Waals surface area (Å²) in [5, 5.41) is 5.61. The largest absolute Gasteiger partial charge is 0.390 e. The Balaban J connectivity index is 0.00000196. The number of nitrogens with zero attached hydrogens (tertiary/aromatic N) is 1. The van der Waals surface area contributed by atoms with E-state index >= 15 is 0 Å². The molecule has 2 N–H and O–H groups in total. The molecule has 3 nitrogen and oxygen atoms in total. The van der Waals surface area contributed by atoms with Crippen LogP contribution in [0, 0.1) is 0 Å². The number of guanidine groups is 1. The van der Waals surface area contributed by atoms with Crippen molar-refractivity contribution in [3.05, 3.63) is 0 Å². The van der Waals surface area contributed by atoms with Crippen LogP contribution in [0.2, 0.25) is 0 Å². The third-order valence-corrected chi connectivity index (χ3v) is 1.84. The van der Waals surface area contributed by atoms with Crippen molar-refractivity contribution >= 4 is 29.9 Å². The van der Waals surface area contributed by atoms with E-state index in [0.29, 0.717) is 12.0 Å². The zero-order valence-electron chi connectivity index (χ0n) is 8.40. The summed E-state index contributed by atoms with van der Waals surface area (Å²) in [5.74, 6) is 0.455. The first kappa shape index (κ1) is 14.8. The summed E-state index contributed by atoms with van der Waals surface area (Å²) >= 11 is 0. The van der Waals surface area contributed by atoms with E-state index in [9.17, 15) is 13.2 Å². The molecule has 0 spiro atoms. The molecule has 1 aliphatic carbocycles. The summed E-state index contributed by atoms with van der Waals surface area (Å²) < 4.78 is 35.4. The van der Waals surface area contributed by atoms with Crippen LogP contribution < -0.4 is 10.6 Å². The molecule has 0 aromatic heterocycles. The van der Waals surface area contributed by atoms with Gasteiger partial charge in [-0.05, 0) is 12.8 Å². The number of rotatable bonds is 3. The van der Waals surface area contributed by atoms with E-state index in [2.05, 4.69) is 15.6 Å². The second kappa shape index (κ2) is 6.39. The lowest BCUT2D eigenvalue weighted by atomic mass is 10.4. The standard InChI is InChI=1S/C8H14F3N3.HI/c1-12-7(14-6-2-3-6)13-5-4-8(9,10)11;/h6H,2-5H2,1H3,(H2,12,13,14);1H. The Morgan fingerprint density at radius 2 is 2.00 bits per heavy atom. The topological polar surface area (TPSA) is 36.4 Å². The van der Waals surface area contributed by atoms with Crippen molar-refractivity contribution in [1.29, 1.82) is 0 Å². The quantitative estimate of drug-likeness (QED) is 0.469. The lowest BCUT2D eigenvalue weighted by molar-refractivity contribution is -0.132. The van der Waals surface area contributed by atoms with Crippen LogP contribution in [0.1, 0.15) is 19.3 Å². The van der Waals surface area contributed by atoms with Crippen molar-refractivity contribution in [1.82, 2.24) is 10.6 Å². The lowest BCUT2D eigenvalue weighted by Gasteiger charge is -2.11. The van der Waals surface area contributed by atoms with Crippen molar-refractivity contribution in [2.24, 2.45) is 4.99 Å². The van der Waals surface area contributed by atoms with Crippen molar-refractivity contribution in [3.8, 4) is 0 Å². The highest BCUT2D eigenvalue weighted by Crippen LogP contribution is 2.19. The summed E-state index contributed by atoms with van der Waals surface area (Å²) in [7, 11) is 1.55. The van der Waals surface area contributed by atoms with Crippen LogP contribution in [0.15, 0.2) is 4.99 Å². The Kier molecular flexibility index (Phi) is 6.30. The van der Waals surface area contributed by atoms with Gasteiger partial charge in [0.05, 0.1) is 6.42 Å². The first-order valence-corrected chi connectivity index (χ1v) is 4.55. The number of halogens is 4. The average Bonchev–Trinajstić information content (AvgIpc) is 2.84. The molecule has 0 aliphatic heterocycles. The average molecular weight is 337 g/mol. The SMILES string of the molecule is CN=C(NCCC(F)(F)F)NC1CC1.I. The fourth-order valence-corrected chi connectivity index (χ4v) is 0.938. The summed E-state index contributed by atoms with van der Waals surface area (Å²) in [6.07, 6.45) is -2.80. The maximum absolute atomic E-state index is 11.8. The summed E-state index contributed by atoms with van der Waals surface area (Å²) in [4.78, 5) is 3.81. The van der Waals surface area contributed by atoms with E-state index in [1.165, 1.54) is 0 Å². The maximum Gasteiger partial charge on any atom is 0.390 e. The van der Waals surface area contributed by atoms with Gasteiger partial charge in [-0.15, -0.1) is 24.0 Å². The van der Waals surface area contributed by atoms with Gasteiger partial charge < -0.3 is 10.6 Å². The number of aliphatic imine (C=N–C) groups is 1. The van der Waals surface area contributed by atoms with Crippen LogP contribution in [0.5, 0.6) is 0 Å². The molecule has 0 heterocycles. The molecule has 1 fully saturated rings. The van der Waals surface area contributed by atoms with E-state index in [0.717, 1.165) is 12.8 Å². The Morgan fingerprint density at radius 1 is 1.40 bits per heavy atom. The van der Waals surface area contributed by atoms with Gasteiger partial charge >= 0.3 is 6.18 Å². The summed E-state index contributed by atoms with van der Waals surface area (Å²) in [5.41, 5.74) is 0. The van der Waals surface area contributed by atoms with Crippen LogP contribution in [0.4, 0.5) is 13.2 Å². The summed E-state index contributed by atoms with van der Waals surface area (Å²) in [6, 6.07) is 0.395. The van der Waals surface area contributed by atoms with Crippen LogP contribution in [0.25, 0.3) is 0 Å². The predicted octanol–water partition coefficient (Wildman–Crippen LogP) is 1.88. The van der Waals surface area contributed by atoms with E-state index in [1.54, 1.807) is 7.05 Å². The van der Waals surface area contributed by atoms with E-state index < -0.39 is 12.6 Å². The molecule has 1 saturated carbocycles. The van der Waals surface area contributed by atoms with Crippen LogP contribution >= 0.6 is 24.0 Å². The second-order valence-electron chi connectivity index (χ2n) is 3.28. The molecule has 0 radical (unpaired) electrons. The fraction of sp³-hybridized carbons (Fsp3) is 0.875. The van der Waals surface area contributed by atoms with Gasteiger partial charge in [0, 0.05) is 19.6 Å². The van der Waals surface area contributed by atoms with Gasteiger partial charge in [0.25, 0.3) is 0 Å². The molecule has 0 bridgehead atoms. The van der Waals surface area contributed by atoms with Gasteiger partial charge in [0.2, 0.25) is 0 Å². The van der Waals surface area contributed by atoms with Gasteiger partial charge in [-0.2, -0.15) is 13.2 Å². The maximum atomic E-state index is 11.8. The van der Waals surface area contributed by atoms with Crippen LogP contribution in [-0.4, -0.2) is 31.8 Å². The molecule has 0 aromatic rings. The Hall–Kier alpha value is -0.210. The molecule has 1 rings (SSSR count). The highest BCUT2D eigenvalue weighted by atomic mass is 127. The molecule has 15 heavy (non-hydrogen) atoms. The number of hydrogen-bond donors (Lipinski definition) is 2. The lowest BCUT2D eigenvalue weighted by Crippen LogP contribution is -2.39. The Labute approximate surface area is 104 Å². The molecule has 0 aromatic carbocycles. The monoisotopic (exact) mass is 337 g/mol. The van der Waals surface area contributed by atoms with Crippen LogP contribution in [-0.2, 0) is 0 Å². The second-order valence-corrected chi connectivity index (χ2v) is 3.28. The third kappa shape index (κ3) is 7.69. The zero-order chi connectivity index (χ0) is 10.6. The molecule has 1 aliphatic rings. The highest BCUT2D eigenvalue weighted by Gasteiger charge is 2.27. The molecular formula is C8H15F3IN3.